The van der Waals surface area contributed by atoms with E-state index in [0.29, 0.717) is 6.04 Å². The highest BCUT2D eigenvalue weighted by Crippen LogP contribution is 2.30. The molecule has 0 aromatic rings. The van der Waals surface area contributed by atoms with Crippen LogP contribution in [-0.4, -0.2) is 55.7 Å². The molecule has 1 saturated carbocycles. The second-order valence-electron chi connectivity index (χ2n) is 5.27. The van der Waals surface area contributed by atoms with Crippen LogP contribution >= 0.6 is 0 Å². The molecule has 2 unspecified atom stereocenters. The highest BCUT2D eigenvalue weighted by Gasteiger charge is 2.41. The third kappa shape index (κ3) is 4.16. The molecular weight excluding hydrogens is 242 g/mol. The molecular formula is C14H29N3O2. The Morgan fingerprint density at radius 1 is 1.53 bits per heavy atom. The first-order chi connectivity index (χ1) is 9.09. The predicted octanol–water partition coefficient (Wildman–Crippen LogP) is 0.731. The number of carbonyl (C=O) groups is 1. The second kappa shape index (κ2) is 7.82. The summed E-state index contributed by atoms with van der Waals surface area (Å²) in [6.45, 7) is 7.58. The maximum Gasteiger partial charge on any atom is 0.237 e. The van der Waals surface area contributed by atoms with Gasteiger partial charge in [0.25, 0.3) is 0 Å². The highest BCUT2D eigenvalue weighted by atomic mass is 16.5. The maximum atomic E-state index is 11.7. The number of ether oxygens (including phenoxy) is 1. The zero-order valence-electron chi connectivity index (χ0n) is 12.6. The van der Waals surface area contributed by atoms with Crippen molar-refractivity contribution in [3.8, 4) is 0 Å². The van der Waals surface area contributed by atoms with Crippen molar-refractivity contribution < 1.29 is 9.53 Å². The summed E-state index contributed by atoms with van der Waals surface area (Å²) in [6, 6.07) is 0.416. The fourth-order valence-electron chi connectivity index (χ4n) is 3.06. The number of nitrogens with one attached hydrogen (secondary N) is 1. The Morgan fingerprint density at radius 2 is 2.26 bits per heavy atom. The van der Waals surface area contributed by atoms with Gasteiger partial charge in [0.2, 0.25) is 5.91 Å². The molecule has 0 aromatic carbocycles. The summed E-state index contributed by atoms with van der Waals surface area (Å²) in [5.74, 6) is -0.222. The molecule has 1 fully saturated rings. The Morgan fingerprint density at radius 3 is 2.79 bits per heavy atom. The van der Waals surface area contributed by atoms with E-state index in [1.165, 1.54) is 0 Å². The molecule has 5 heteroatoms. The number of carbonyl (C=O) groups excluding carboxylic acids is 1. The van der Waals surface area contributed by atoms with Gasteiger partial charge < -0.3 is 15.8 Å². The fourth-order valence-corrected chi connectivity index (χ4v) is 3.06. The maximum absolute atomic E-state index is 11.7. The van der Waals surface area contributed by atoms with Crippen LogP contribution in [0.4, 0.5) is 0 Å². The van der Waals surface area contributed by atoms with E-state index in [-0.39, 0.29) is 5.91 Å². The summed E-state index contributed by atoms with van der Waals surface area (Å²) < 4.78 is 5.43. The third-order valence-corrected chi connectivity index (χ3v) is 4.32. The molecule has 0 saturated heterocycles. The number of nitrogens with two attached hydrogens (primary N) is 1. The first kappa shape index (κ1) is 16.4. The average Bonchev–Trinajstić information content (AvgIpc) is 2.43. The molecule has 2 atom stereocenters. The number of nitrogens with zero attached hydrogens (tertiary/aromatic N) is 1. The third-order valence-electron chi connectivity index (χ3n) is 4.32. The number of hydrogen-bond donors (Lipinski definition) is 2. The first-order valence-corrected chi connectivity index (χ1v) is 7.40. The highest BCUT2D eigenvalue weighted by molar-refractivity contribution is 5.84. The van der Waals surface area contributed by atoms with Gasteiger partial charge >= 0.3 is 0 Å². The zero-order chi connectivity index (χ0) is 14.3. The van der Waals surface area contributed by atoms with E-state index in [2.05, 4.69) is 17.1 Å². The van der Waals surface area contributed by atoms with Gasteiger partial charge in [0.1, 0.15) is 0 Å². The van der Waals surface area contributed by atoms with E-state index in [1.807, 2.05) is 14.0 Å². The van der Waals surface area contributed by atoms with Crippen LogP contribution in [0.3, 0.4) is 0 Å². The van der Waals surface area contributed by atoms with Gasteiger partial charge in [0, 0.05) is 19.2 Å². The smallest absolute Gasteiger partial charge is 0.237 e. The van der Waals surface area contributed by atoms with Gasteiger partial charge in [0.15, 0.2) is 0 Å². The van der Waals surface area contributed by atoms with Gasteiger partial charge in [-0.1, -0.05) is 6.92 Å². The molecule has 0 spiro atoms. The zero-order valence-corrected chi connectivity index (χ0v) is 12.6. The van der Waals surface area contributed by atoms with Crippen molar-refractivity contribution in [2.45, 2.75) is 51.1 Å². The van der Waals surface area contributed by atoms with Crippen LogP contribution in [-0.2, 0) is 9.53 Å². The van der Waals surface area contributed by atoms with Crippen molar-refractivity contribution >= 4 is 5.91 Å². The summed E-state index contributed by atoms with van der Waals surface area (Å²) in [5.41, 5.74) is 5.07. The number of likely N-dealkylation sites (N-methyl/N-ethyl adjacent to an activating group) is 2. The van der Waals surface area contributed by atoms with Crippen molar-refractivity contribution in [2.75, 3.05) is 33.4 Å². The lowest BCUT2D eigenvalue weighted by atomic mass is 9.78. The predicted molar refractivity (Wildman–Crippen MR) is 77.0 cm³/mol. The normalized spacial score (nSPS) is 27.7. The molecule has 0 aromatic heterocycles. The number of hydrogen-bond acceptors (Lipinski definition) is 4. The van der Waals surface area contributed by atoms with E-state index in [0.717, 1.165) is 52.0 Å². The molecule has 1 aliphatic rings. The monoisotopic (exact) mass is 271 g/mol. The summed E-state index contributed by atoms with van der Waals surface area (Å²) in [7, 11) is 1.84. The van der Waals surface area contributed by atoms with Crippen LogP contribution in [0, 0.1) is 0 Å². The molecule has 3 N–H and O–H groups in total. The van der Waals surface area contributed by atoms with Gasteiger partial charge in [-0.2, -0.15) is 0 Å². The van der Waals surface area contributed by atoms with Crippen molar-refractivity contribution in [1.82, 2.24) is 10.2 Å². The largest absolute Gasteiger partial charge is 0.380 e. The van der Waals surface area contributed by atoms with Crippen molar-refractivity contribution in [2.24, 2.45) is 5.73 Å². The Kier molecular flexibility index (Phi) is 6.75. The van der Waals surface area contributed by atoms with Gasteiger partial charge in [-0.25, -0.2) is 0 Å². The Bertz CT molecular complexity index is 286. The number of rotatable bonds is 8. The molecule has 1 rings (SSSR count). The molecule has 0 heterocycles. The SMILES string of the molecule is CCOCCN(CC)C1CCCC(NC)(C(N)=O)C1. The van der Waals surface area contributed by atoms with E-state index < -0.39 is 5.54 Å². The Hall–Kier alpha value is -0.650. The summed E-state index contributed by atoms with van der Waals surface area (Å²) >= 11 is 0. The fraction of sp³-hybridized carbons (Fsp3) is 0.929. The minimum absolute atomic E-state index is 0.222. The molecule has 1 aliphatic carbocycles. The first-order valence-electron chi connectivity index (χ1n) is 7.40. The second-order valence-corrected chi connectivity index (χ2v) is 5.27. The van der Waals surface area contributed by atoms with Crippen LogP contribution in [0.1, 0.15) is 39.5 Å². The van der Waals surface area contributed by atoms with Gasteiger partial charge in [-0.15, -0.1) is 0 Å². The summed E-state index contributed by atoms with van der Waals surface area (Å²) in [5, 5.41) is 3.16. The average molecular weight is 271 g/mol. The van der Waals surface area contributed by atoms with E-state index in [4.69, 9.17) is 10.5 Å². The van der Waals surface area contributed by atoms with Crippen LogP contribution in [0.15, 0.2) is 0 Å². The van der Waals surface area contributed by atoms with Crippen LogP contribution in [0.2, 0.25) is 0 Å². The molecule has 19 heavy (non-hydrogen) atoms. The lowest BCUT2D eigenvalue weighted by Crippen LogP contribution is -2.59. The Labute approximate surface area is 116 Å². The molecule has 0 bridgehead atoms. The van der Waals surface area contributed by atoms with Gasteiger partial charge in [-0.3, -0.25) is 9.69 Å². The number of primary amides is 1. The van der Waals surface area contributed by atoms with Crippen molar-refractivity contribution in [1.29, 1.82) is 0 Å². The number of amides is 1. The summed E-state index contributed by atoms with van der Waals surface area (Å²) in [4.78, 5) is 14.1. The minimum atomic E-state index is -0.526. The van der Waals surface area contributed by atoms with Crippen LogP contribution < -0.4 is 11.1 Å². The van der Waals surface area contributed by atoms with Crippen molar-refractivity contribution in [3.63, 3.8) is 0 Å². The minimum Gasteiger partial charge on any atom is -0.380 e. The van der Waals surface area contributed by atoms with Gasteiger partial charge in [-0.05, 0) is 46.2 Å². The topological polar surface area (TPSA) is 67.6 Å². The van der Waals surface area contributed by atoms with E-state index in [1.54, 1.807) is 0 Å². The lowest BCUT2D eigenvalue weighted by Gasteiger charge is -2.42. The molecule has 1 amide bonds. The summed E-state index contributed by atoms with van der Waals surface area (Å²) in [6.07, 6.45) is 3.83. The molecule has 0 radical (unpaired) electrons. The van der Waals surface area contributed by atoms with Gasteiger partial charge in [0.05, 0.1) is 12.1 Å². The van der Waals surface area contributed by atoms with Crippen LogP contribution in [0.5, 0.6) is 0 Å². The lowest BCUT2D eigenvalue weighted by molar-refractivity contribution is -0.126. The molecule has 5 nitrogen and oxygen atoms in total. The standard InChI is InChI=1S/C14H29N3O2/c1-4-17(9-10-19-5-2)12-7-6-8-14(11-12,16-3)13(15)18/h12,16H,4-11H2,1-3H3,(H2,15,18). The van der Waals surface area contributed by atoms with Crippen LogP contribution in [0.25, 0.3) is 0 Å². The van der Waals surface area contributed by atoms with E-state index in [9.17, 15) is 4.79 Å². The molecule has 0 aliphatic heterocycles. The van der Waals surface area contributed by atoms with Crippen molar-refractivity contribution in [3.05, 3.63) is 0 Å². The quantitative estimate of drug-likeness (QED) is 0.639. The Balaban J connectivity index is 2.63. The molecule has 112 valence electrons. The van der Waals surface area contributed by atoms with E-state index >= 15 is 0 Å².